The van der Waals surface area contributed by atoms with Crippen LogP contribution in [0, 0.1) is 0 Å². The molecule has 3 heterocycles. The third kappa shape index (κ3) is 4.46. The molecule has 6 heteroatoms. The summed E-state index contributed by atoms with van der Waals surface area (Å²) in [6.45, 7) is -0.0610. The second kappa shape index (κ2) is 11.6. The van der Waals surface area contributed by atoms with Gasteiger partial charge in [-0.05, 0) is 108 Å². The minimum atomic E-state index is -0.0610. The fourth-order valence-electron chi connectivity index (χ4n) is 9.22. The maximum absolute atomic E-state index is 4.68. The highest BCUT2D eigenvalue weighted by Crippen LogP contribution is 2.47. The van der Waals surface area contributed by atoms with Gasteiger partial charge in [0.05, 0.1) is 0 Å². The molecule has 0 fully saturated rings. The number of fused-ring (bicyclic) bond motifs is 10. The summed E-state index contributed by atoms with van der Waals surface area (Å²) in [6, 6.07) is 62.4. The molecular weight excluding hydrogens is 669 g/mol. The van der Waals surface area contributed by atoms with Gasteiger partial charge in [0.2, 0.25) is 0 Å². The van der Waals surface area contributed by atoms with Crippen molar-refractivity contribution in [3.63, 3.8) is 0 Å². The summed E-state index contributed by atoms with van der Waals surface area (Å²) in [6.07, 6.45) is 3.16. The van der Waals surface area contributed by atoms with Crippen LogP contribution in [-0.2, 0) is 0 Å². The SMILES string of the molecule is c1ccc(N2c3cc4ccc5ccccc5c4cc3B3c4cc5c(ccc6ccccc65)cc4N(c4ccccc4)c4cc(-c5ncncn5)cc2c43)cc1. The smallest absolute Gasteiger partial charge is 0.252 e. The molecule has 12 rings (SSSR count). The summed E-state index contributed by atoms with van der Waals surface area (Å²) < 4.78 is 0. The molecule has 2 aliphatic rings. The first-order valence-corrected chi connectivity index (χ1v) is 18.7. The summed E-state index contributed by atoms with van der Waals surface area (Å²) in [4.78, 5) is 18.4. The second-order valence-electron chi connectivity index (χ2n) is 14.5. The predicted molar refractivity (Wildman–Crippen MR) is 229 cm³/mol. The molecule has 2 aliphatic heterocycles. The van der Waals surface area contributed by atoms with Crippen molar-refractivity contribution in [2.45, 2.75) is 0 Å². The maximum Gasteiger partial charge on any atom is 0.252 e. The summed E-state index contributed by atoms with van der Waals surface area (Å²) >= 11 is 0. The Kier molecular flexibility index (Phi) is 6.36. The summed E-state index contributed by atoms with van der Waals surface area (Å²) in [5.74, 6) is 0.637. The Balaban J connectivity index is 1.27. The largest absolute Gasteiger partial charge is 0.311 e. The van der Waals surface area contributed by atoms with Gasteiger partial charge in [-0.15, -0.1) is 0 Å². The maximum atomic E-state index is 4.68. The lowest BCUT2D eigenvalue weighted by molar-refractivity contribution is 1.05. The van der Waals surface area contributed by atoms with Gasteiger partial charge in [0.15, 0.2) is 5.82 Å². The molecule has 254 valence electrons. The lowest BCUT2D eigenvalue weighted by Crippen LogP contribution is -2.61. The number of hydrogen-bond acceptors (Lipinski definition) is 5. The second-order valence-corrected chi connectivity index (χ2v) is 14.5. The number of rotatable bonds is 3. The van der Waals surface area contributed by atoms with Crippen LogP contribution >= 0.6 is 0 Å². The molecule has 0 atom stereocenters. The van der Waals surface area contributed by atoms with Gasteiger partial charge in [0.1, 0.15) is 12.7 Å². The van der Waals surface area contributed by atoms with Crippen LogP contribution in [0.2, 0.25) is 0 Å². The lowest BCUT2D eigenvalue weighted by atomic mass is 9.33. The molecular formula is C49H30BN5. The van der Waals surface area contributed by atoms with Gasteiger partial charge in [-0.25, -0.2) is 15.0 Å². The van der Waals surface area contributed by atoms with Crippen molar-refractivity contribution in [1.29, 1.82) is 0 Å². The molecule has 0 bridgehead atoms. The van der Waals surface area contributed by atoms with Crippen LogP contribution < -0.4 is 26.2 Å². The van der Waals surface area contributed by atoms with Crippen molar-refractivity contribution in [3.8, 4) is 11.4 Å². The Labute approximate surface area is 317 Å². The average Bonchev–Trinajstić information content (AvgIpc) is 3.25. The first-order valence-electron chi connectivity index (χ1n) is 18.7. The van der Waals surface area contributed by atoms with E-state index in [-0.39, 0.29) is 6.71 Å². The minimum absolute atomic E-state index is 0.0610. The van der Waals surface area contributed by atoms with Crippen LogP contribution in [0.1, 0.15) is 0 Å². The van der Waals surface area contributed by atoms with E-state index in [9.17, 15) is 0 Å². The zero-order valence-electron chi connectivity index (χ0n) is 29.6. The minimum Gasteiger partial charge on any atom is -0.311 e. The van der Waals surface area contributed by atoms with Gasteiger partial charge in [0, 0.05) is 39.7 Å². The van der Waals surface area contributed by atoms with Crippen LogP contribution in [0.15, 0.2) is 183 Å². The lowest BCUT2D eigenvalue weighted by Gasteiger charge is -2.44. The Bertz CT molecular complexity index is 2980. The zero-order chi connectivity index (χ0) is 36.0. The number of nitrogens with zero attached hydrogens (tertiary/aromatic N) is 5. The molecule has 10 aromatic rings. The third-order valence-electron chi connectivity index (χ3n) is 11.6. The Morgan fingerprint density at radius 1 is 0.382 bits per heavy atom. The standard InChI is InChI=1S/C49H30BN5/c1-3-13-36(14-4-1)54-44-23-33-21-19-31-11-7-9-17-38(31)40(33)27-42(44)50-43-28-41-34(22-20-32-12-8-10-18-39(32)41)24-45(43)55(37-15-5-2-6-16-37)47-26-35(25-46(54)48(47)50)49-52-29-51-30-53-49/h1-30H. The van der Waals surface area contributed by atoms with E-state index in [0.717, 1.165) is 28.3 Å². The first-order chi connectivity index (χ1) is 27.3. The third-order valence-corrected chi connectivity index (χ3v) is 11.6. The highest BCUT2D eigenvalue weighted by Gasteiger charge is 2.44. The van der Waals surface area contributed by atoms with E-state index in [0.29, 0.717) is 5.82 Å². The number of para-hydroxylation sites is 2. The molecule has 9 aromatic carbocycles. The van der Waals surface area contributed by atoms with Gasteiger partial charge < -0.3 is 9.80 Å². The number of benzene rings is 9. The van der Waals surface area contributed by atoms with E-state index in [1.54, 1.807) is 12.7 Å². The molecule has 0 radical (unpaired) electrons. The van der Waals surface area contributed by atoms with Gasteiger partial charge in [0.25, 0.3) is 6.71 Å². The van der Waals surface area contributed by atoms with Crippen molar-refractivity contribution in [3.05, 3.63) is 183 Å². The van der Waals surface area contributed by atoms with Crippen molar-refractivity contribution < 1.29 is 0 Å². The van der Waals surface area contributed by atoms with Gasteiger partial charge in [-0.2, -0.15) is 0 Å². The number of anilines is 6. The predicted octanol–water partition coefficient (Wildman–Crippen LogP) is 10.2. The summed E-state index contributed by atoms with van der Waals surface area (Å²) in [5, 5.41) is 9.94. The topological polar surface area (TPSA) is 45.2 Å². The van der Waals surface area contributed by atoms with E-state index in [2.05, 4.69) is 195 Å². The molecule has 1 aromatic heterocycles. The van der Waals surface area contributed by atoms with Crippen molar-refractivity contribution in [1.82, 2.24) is 15.0 Å². The zero-order valence-corrected chi connectivity index (χ0v) is 29.6. The fourth-order valence-corrected chi connectivity index (χ4v) is 9.22. The molecule has 0 amide bonds. The molecule has 0 saturated heterocycles. The van der Waals surface area contributed by atoms with Crippen LogP contribution in [0.3, 0.4) is 0 Å². The summed E-state index contributed by atoms with van der Waals surface area (Å²) in [5.41, 5.74) is 11.5. The molecule has 5 nitrogen and oxygen atoms in total. The van der Waals surface area contributed by atoms with Crippen LogP contribution in [-0.4, -0.2) is 21.7 Å². The van der Waals surface area contributed by atoms with E-state index in [1.165, 1.54) is 70.9 Å². The Hall–Kier alpha value is -7.31. The van der Waals surface area contributed by atoms with E-state index in [1.807, 2.05) is 0 Å². The number of aromatic nitrogens is 3. The van der Waals surface area contributed by atoms with Crippen molar-refractivity contribution in [2.75, 3.05) is 9.80 Å². The molecule has 0 spiro atoms. The van der Waals surface area contributed by atoms with Gasteiger partial charge in [-0.1, -0.05) is 121 Å². The Morgan fingerprint density at radius 2 is 0.836 bits per heavy atom. The highest BCUT2D eigenvalue weighted by atomic mass is 15.2. The highest BCUT2D eigenvalue weighted by molar-refractivity contribution is 7.00. The van der Waals surface area contributed by atoms with Crippen molar-refractivity contribution >= 4 is 100 Å². The van der Waals surface area contributed by atoms with Crippen LogP contribution in [0.25, 0.3) is 54.5 Å². The fraction of sp³-hybridized carbons (Fsp3) is 0. The van der Waals surface area contributed by atoms with Crippen LogP contribution in [0.4, 0.5) is 34.1 Å². The molecule has 0 aliphatic carbocycles. The van der Waals surface area contributed by atoms with E-state index in [4.69, 9.17) is 0 Å². The van der Waals surface area contributed by atoms with Crippen molar-refractivity contribution in [2.24, 2.45) is 0 Å². The molecule has 0 saturated carbocycles. The summed E-state index contributed by atoms with van der Waals surface area (Å²) in [7, 11) is 0. The van der Waals surface area contributed by atoms with Crippen LogP contribution in [0.5, 0.6) is 0 Å². The van der Waals surface area contributed by atoms with E-state index >= 15 is 0 Å². The molecule has 55 heavy (non-hydrogen) atoms. The van der Waals surface area contributed by atoms with Gasteiger partial charge in [-0.3, -0.25) is 0 Å². The first kappa shape index (κ1) is 30.2. The molecule has 0 N–H and O–H groups in total. The normalized spacial score (nSPS) is 13.0. The van der Waals surface area contributed by atoms with E-state index < -0.39 is 0 Å². The quantitative estimate of drug-likeness (QED) is 0.136. The molecule has 0 unspecified atom stereocenters. The monoisotopic (exact) mass is 699 g/mol. The Morgan fingerprint density at radius 3 is 1.35 bits per heavy atom. The number of hydrogen-bond donors (Lipinski definition) is 0. The van der Waals surface area contributed by atoms with Gasteiger partial charge >= 0.3 is 0 Å². The average molecular weight is 700 g/mol.